The molecule has 1 amide bonds. The van der Waals surface area contributed by atoms with Crippen LogP contribution in [0.15, 0.2) is 0 Å². The number of aliphatic hydroxyl groups is 1. The smallest absolute Gasteiger partial charge is 0.335 e. The number of carboxylic acids is 1. The fourth-order valence-corrected chi connectivity index (χ4v) is 3.55. The van der Waals surface area contributed by atoms with Crippen molar-refractivity contribution in [2.75, 3.05) is 26.8 Å². The molecule has 6 nitrogen and oxygen atoms in total. The minimum absolute atomic E-state index is 0.106. The molecule has 1 heterocycles. The van der Waals surface area contributed by atoms with Gasteiger partial charge in [0.25, 0.3) is 0 Å². The molecule has 2 rings (SSSR count). The van der Waals surface area contributed by atoms with E-state index in [9.17, 15) is 14.7 Å². The highest BCUT2D eigenvalue weighted by Gasteiger charge is 2.46. The van der Waals surface area contributed by atoms with Gasteiger partial charge in [-0.25, -0.2) is 4.79 Å². The summed E-state index contributed by atoms with van der Waals surface area (Å²) >= 11 is 0. The number of amides is 1. The Kier molecular flexibility index (Phi) is 4.88. The van der Waals surface area contributed by atoms with E-state index in [0.717, 1.165) is 32.1 Å². The Morgan fingerprint density at radius 2 is 1.71 bits per heavy atom. The number of nitrogens with zero attached hydrogens (tertiary/aromatic N) is 1. The van der Waals surface area contributed by atoms with E-state index in [4.69, 9.17) is 9.84 Å². The average Bonchev–Trinajstić information content (AvgIpc) is 2.95. The second kappa shape index (κ2) is 6.32. The molecular formula is C15H25NO5. The maximum Gasteiger partial charge on any atom is 0.335 e. The third-order valence-electron chi connectivity index (χ3n) is 5.07. The molecule has 0 aromatic rings. The summed E-state index contributed by atoms with van der Waals surface area (Å²) in [7, 11) is 1.64. The fourth-order valence-electron chi connectivity index (χ4n) is 3.55. The quantitative estimate of drug-likeness (QED) is 0.791. The van der Waals surface area contributed by atoms with Crippen molar-refractivity contribution < 1.29 is 24.5 Å². The predicted octanol–water partition coefficient (Wildman–Crippen LogP) is 1.02. The minimum atomic E-state index is -1.67. The number of carbonyl (C=O) groups is 2. The molecule has 6 heteroatoms. The molecule has 0 spiro atoms. The monoisotopic (exact) mass is 299 g/mol. The summed E-state index contributed by atoms with van der Waals surface area (Å²) in [5.74, 6) is -1.07. The van der Waals surface area contributed by atoms with Crippen LogP contribution in [0.3, 0.4) is 0 Å². The van der Waals surface area contributed by atoms with E-state index in [2.05, 4.69) is 0 Å². The van der Waals surface area contributed by atoms with Gasteiger partial charge in [-0.3, -0.25) is 4.79 Å². The molecule has 21 heavy (non-hydrogen) atoms. The lowest BCUT2D eigenvalue weighted by Crippen LogP contribution is -2.53. The molecule has 0 aromatic carbocycles. The van der Waals surface area contributed by atoms with Gasteiger partial charge in [0.15, 0.2) is 5.60 Å². The van der Waals surface area contributed by atoms with E-state index < -0.39 is 11.6 Å². The summed E-state index contributed by atoms with van der Waals surface area (Å²) in [4.78, 5) is 25.6. The van der Waals surface area contributed by atoms with Gasteiger partial charge in [-0.1, -0.05) is 12.8 Å². The molecule has 1 aliphatic carbocycles. The van der Waals surface area contributed by atoms with Crippen LogP contribution in [0, 0.1) is 5.41 Å². The molecule has 0 radical (unpaired) electrons. The summed E-state index contributed by atoms with van der Waals surface area (Å²) in [5.41, 5.74) is -2.01. The summed E-state index contributed by atoms with van der Waals surface area (Å²) in [6.07, 6.45) is 4.82. The van der Waals surface area contributed by atoms with Crippen LogP contribution >= 0.6 is 0 Å². The molecular weight excluding hydrogens is 274 g/mol. The SMILES string of the molecule is COCCC1(C(=O)N2CCC(O)(C(=O)O)CC2)CCCC1. The van der Waals surface area contributed by atoms with Crippen molar-refractivity contribution in [2.24, 2.45) is 5.41 Å². The summed E-state index contributed by atoms with van der Waals surface area (Å²) in [6.45, 7) is 1.20. The van der Waals surface area contributed by atoms with Gasteiger partial charge < -0.3 is 19.8 Å². The largest absolute Gasteiger partial charge is 0.479 e. The van der Waals surface area contributed by atoms with Gasteiger partial charge in [0.2, 0.25) is 5.91 Å². The molecule has 0 bridgehead atoms. The van der Waals surface area contributed by atoms with E-state index in [1.165, 1.54) is 0 Å². The van der Waals surface area contributed by atoms with E-state index in [0.29, 0.717) is 19.7 Å². The van der Waals surface area contributed by atoms with Crippen molar-refractivity contribution in [3.63, 3.8) is 0 Å². The van der Waals surface area contributed by atoms with Crippen molar-refractivity contribution in [2.45, 2.75) is 50.5 Å². The zero-order valence-corrected chi connectivity index (χ0v) is 12.6. The second-order valence-corrected chi connectivity index (χ2v) is 6.36. The second-order valence-electron chi connectivity index (χ2n) is 6.36. The number of piperidine rings is 1. The standard InChI is InChI=1S/C15H25NO5/c1-21-11-8-14(4-2-3-5-14)12(17)16-9-6-15(20,7-10-16)13(18)19/h20H,2-11H2,1H3,(H,18,19). The third kappa shape index (κ3) is 3.21. The Morgan fingerprint density at radius 1 is 1.14 bits per heavy atom. The molecule has 2 fully saturated rings. The molecule has 0 atom stereocenters. The van der Waals surface area contributed by atoms with Crippen LogP contribution in [0.4, 0.5) is 0 Å². The molecule has 2 N–H and O–H groups in total. The van der Waals surface area contributed by atoms with Gasteiger partial charge in [-0.15, -0.1) is 0 Å². The number of likely N-dealkylation sites (tertiary alicyclic amines) is 1. The first-order valence-electron chi connectivity index (χ1n) is 7.68. The Morgan fingerprint density at radius 3 is 2.19 bits per heavy atom. The zero-order chi connectivity index (χ0) is 15.5. The number of carbonyl (C=O) groups excluding carboxylic acids is 1. The minimum Gasteiger partial charge on any atom is -0.479 e. The van der Waals surface area contributed by atoms with Crippen molar-refractivity contribution in [3.8, 4) is 0 Å². The topological polar surface area (TPSA) is 87.1 Å². The van der Waals surface area contributed by atoms with Crippen LogP contribution in [0.2, 0.25) is 0 Å². The van der Waals surface area contributed by atoms with Crippen molar-refractivity contribution in [1.82, 2.24) is 4.90 Å². The molecule has 0 unspecified atom stereocenters. The highest BCUT2D eigenvalue weighted by atomic mass is 16.5. The Bertz CT molecular complexity index is 395. The number of aliphatic carboxylic acids is 1. The number of carboxylic acid groups (broad SMARTS) is 1. The first-order valence-corrected chi connectivity index (χ1v) is 7.68. The molecule has 0 aromatic heterocycles. The predicted molar refractivity (Wildman–Crippen MR) is 75.8 cm³/mol. The lowest BCUT2D eigenvalue weighted by molar-refractivity contribution is -0.167. The van der Waals surface area contributed by atoms with Crippen LogP contribution in [-0.2, 0) is 14.3 Å². The van der Waals surface area contributed by atoms with E-state index in [-0.39, 0.29) is 24.2 Å². The van der Waals surface area contributed by atoms with Gasteiger partial charge in [-0.05, 0) is 19.3 Å². The number of hydrogen-bond donors (Lipinski definition) is 2. The Labute approximate surface area is 125 Å². The Balaban J connectivity index is 2.01. The molecule has 1 saturated heterocycles. The number of methoxy groups -OCH3 is 1. The first-order chi connectivity index (χ1) is 9.93. The normalized spacial score (nSPS) is 24.0. The van der Waals surface area contributed by atoms with E-state index >= 15 is 0 Å². The summed E-state index contributed by atoms with van der Waals surface area (Å²) in [6, 6.07) is 0. The van der Waals surface area contributed by atoms with Gasteiger partial charge in [0.05, 0.1) is 5.41 Å². The van der Waals surface area contributed by atoms with Crippen LogP contribution in [0.25, 0.3) is 0 Å². The van der Waals surface area contributed by atoms with Gasteiger partial charge in [0.1, 0.15) is 0 Å². The van der Waals surface area contributed by atoms with Crippen molar-refractivity contribution >= 4 is 11.9 Å². The maximum atomic E-state index is 12.9. The van der Waals surface area contributed by atoms with Gasteiger partial charge in [-0.2, -0.15) is 0 Å². The average molecular weight is 299 g/mol. The van der Waals surface area contributed by atoms with Crippen LogP contribution in [0.5, 0.6) is 0 Å². The number of hydrogen-bond acceptors (Lipinski definition) is 4. The highest BCUT2D eigenvalue weighted by molar-refractivity contribution is 5.84. The maximum absolute atomic E-state index is 12.9. The molecule has 1 aliphatic heterocycles. The summed E-state index contributed by atoms with van der Waals surface area (Å²) in [5, 5.41) is 19.0. The first kappa shape index (κ1) is 16.2. The van der Waals surface area contributed by atoms with Crippen molar-refractivity contribution in [3.05, 3.63) is 0 Å². The lowest BCUT2D eigenvalue weighted by atomic mass is 9.80. The fraction of sp³-hybridized carbons (Fsp3) is 0.867. The summed E-state index contributed by atoms with van der Waals surface area (Å²) < 4.78 is 5.14. The molecule has 2 aliphatic rings. The van der Waals surface area contributed by atoms with Crippen LogP contribution < -0.4 is 0 Å². The van der Waals surface area contributed by atoms with Crippen LogP contribution in [0.1, 0.15) is 44.9 Å². The zero-order valence-electron chi connectivity index (χ0n) is 12.6. The van der Waals surface area contributed by atoms with Crippen LogP contribution in [-0.4, -0.2) is 59.4 Å². The molecule has 1 saturated carbocycles. The van der Waals surface area contributed by atoms with Crippen molar-refractivity contribution in [1.29, 1.82) is 0 Å². The Hall–Kier alpha value is -1.14. The third-order valence-corrected chi connectivity index (χ3v) is 5.07. The van der Waals surface area contributed by atoms with Gasteiger partial charge in [0, 0.05) is 39.6 Å². The van der Waals surface area contributed by atoms with E-state index in [1.54, 1.807) is 12.0 Å². The number of rotatable bonds is 5. The van der Waals surface area contributed by atoms with Gasteiger partial charge >= 0.3 is 5.97 Å². The molecule has 120 valence electrons. The highest BCUT2D eigenvalue weighted by Crippen LogP contribution is 2.43. The van der Waals surface area contributed by atoms with E-state index in [1.807, 2.05) is 0 Å². The lowest BCUT2D eigenvalue weighted by Gasteiger charge is -2.40. The number of ether oxygens (including phenoxy) is 1.